The molecule has 3 N–H and O–H groups in total. The summed E-state index contributed by atoms with van der Waals surface area (Å²) in [6.45, 7) is 1.54. The van der Waals surface area contributed by atoms with Gasteiger partial charge in [-0.25, -0.2) is 4.39 Å². The summed E-state index contributed by atoms with van der Waals surface area (Å²) >= 11 is 0. The van der Waals surface area contributed by atoms with Crippen molar-refractivity contribution in [2.75, 3.05) is 19.6 Å². The molecule has 2 rings (SSSR count). The third-order valence-corrected chi connectivity index (χ3v) is 3.64. The van der Waals surface area contributed by atoms with Crippen LogP contribution in [0.1, 0.15) is 18.4 Å². The van der Waals surface area contributed by atoms with Gasteiger partial charge in [0.05, 0.1) is 13.0 Å². The van der Waals surface area contributed by atoms with Crippen molar-refractivity contribution in [3.8, 4) is 0 Å². The van der Waals surface area contributed by atoms with Crippen LogP contribution in [0.2, 0.25) is 0 Å². The van der Waals surface area contributed by atoms with E-state index in [2.05, 4.69) is 5.32 Å². The second-order valence-corrected chi connectivity index (χ2v) is 5.28. The minimum absolute atomic E-state index is 0.0137. The molecule has 0 aliphatic carbocycles. The van der Waals surface area contributed by atoms with Crippen molar-refractivity contribution in [2.45, 2.75) is 25.3 Å². The van der Waals surface area contributed by atoms with Gasteiger partial charge in [0.15, 0.2) is 0 Å². The van der Waals surface area contributed by atoms with Crippen LogP contribution in [0.25, 0.3) is 0 Å². The Hall–Kier alpha value is -1.95. The quantitative estimate of drug-likeness (QED) is 0.827. The Morgan fingerprint density at radius 1 is 1.33 bits per heavy atom. The molecule has 0 saturated carbocycles. The Labute approximate surface area is 123 Å². The second-order valence-electron chi connectivity index (χ2n) is 5.28. The minimum Gasteiger partial charge on any atom is -0.368 e. The van der Waals surface area contributed by atoms with Gasteiger partial charge in [-0.05, 0) is 43.6 Å². The molecule has 0 unspecified atom stereocenters. The normalized spacial score (nSPS) is 15.7. The van der Waals surface area contributed by atoms with Gasteiger partial charge in [-0.3, -0.25) is 9.59 Å². The van der Waals surface area contributed by atoms with Gasteiger partial charge in [-0.15, -0.1) is 0 Å². The number of carbonyl (C=O) groups is 2. The molecule has 0 aromatic heterocycles. The van der Waals surface area contributed by atoms with E-state index < -0.39 is 5.91 Å². The highest BCUT2D eigenvalue weighted by atomic mass is 19.1. The van der Waals surface area contributed by atoms with Crippen LogP contribution in [0.3, 0.4) is 0 Å². The van der Waals surface area contributed by atoms with Gasteiger partial charge in [-0.2, -0.15) is 0 Å². The van der Waals surface area contributed by atoms with Gasteiger partial charge in [0.2, 0.25) is 11.8 Å². The van der Waals surface area contributed by atoms with E-state index in [1.807, 2.05) is 0 Å². The number of amides is 2. The van der Waals surface area contributed by atoms with E-state index in [9.17, 15) is 14.0 Å². The first-order valence-corrected chi connectivity index (χ1v) is 7.09. The van der Waals surface area contributed by atoms with E-state index in [1.165, 1.54) is 17.0 Å². The van der Waals surface area contributed by atoms with Gasteiger partial charge in [0.25, 0.3) is 0 Å². The highest BCUT2D eigenvalue weighted by molar-refractivity contribution is 5.85. The summed E-state index contributed by atoms with van der Waals surface area (Å²) in [4.78, 5) is 25.2. The first-order chi connectivity index (χ1) is 10.1. The van der Waals surface area contributed by atoms with Crippen molar-refractivity contribution in [1.82, 2.24) is 10.2 Å². The zero-order valence-corrected chi connectivity index (χ0v) is 11.8. The van der Waals surface area contributed by atoms with Crippen LogP contribution in [0.4, 0.5) is 4.39 Å². The van der Waals surface area contributed by atoms with E-state index in [4.69, 9.17) is 5.73 Å². The highest BCUT2D eigenvalue weighted by Gasteiger charge is 2.26. The second kappa shape index (κ2) is 7.17. The molecule has 1 fully saturated rings. The zero-order valence-electron chi connectivity index (χ0n) is 11.8. The standard InChI is InChI=1S/C15H20FN3O2/c16-12-3-1-2-11(8-12)9-15(21)19(10-14(17)20)13-4-6-18-7-5-13/h1-3,8,13,18H,4-7,9-10H2,(H2,17,20). The average molecular weight is 293 g/mol. The van der Waals surface area contributed by atoms with E-state index >= 15 is 0 Å². The molecule has 21 heavy (non-hydrogen) atoms. The number of primary amides is 1. The topological polar surface area (TPSA) is 75.4 Å². The van der Waals surface area contributed by atoms with Gasteiger partial charge < -0.3 is 16.0 Å². The third kappa shape index (κ3) is 4.53. The molecule has 1 aliphatic rings. The SMILES string of the molecule is NC(=O)CN(C(=O)Cc1cccc(F)c1)C1CCNCC1. The van der Waals surface area contributed by atoms with Crippen molar-refractivity contribution >= 4 is 11.8 Å². The Morgan fingerprint density at radius 3 is 2.67 bits per heavy atom. The summed E-state index contributed by atoms with van der Waals surface area (Å²) in [6, 6.07) is 5.96. The number of rotatable bonds is 5. The van der Waals surface area contributed by atoms with Crippen LogP contribution in [-0.2, 0) is 16.0 Å². The Morgan fingerprint density at radius 2 is 2.05 bits per heavy atom. The van der Waals surface area contributed by atoms with Crippen molar-refractivity contribution in [1.29, 1.82) is 0 Å². The Bertz CT molecular complexity index is 515. The Balaban J connectivity index is 2.07. The first-order valence-electron chi connectivity index (χ1n) is 7.09. The van der Waals surface area contributed by atoms with Crippen molar-refractivity contribution in [3.63, 3.8) is 0 Å². The molecular formula is C15H20FN3O2. The van der Waals surface area contributed by atoms with E-state index in [0.717, 1.165) is 25.9 Å². The summed E-state index contributed by atoms with van der Waals surface area (Å²) in [5.74, 6) is -1.09. The number of hydrogen-bond donors (Lipinski definition) is 2. The zero-order chi connectivity index (χ0) is 15.2. The third-order valence-electron chi connectivity index (χ3n) is 3.64. The lowest BCUT2D eigenvalue weighted by molar-refractivity contribution is -0.137. The molecule has 0 spiro atoms. The fourth-order valence-electron chi connectivity index (χ4n) is 2.63. The van der Waals surface area contributed by atoms with Crippen LogP contribution >= 0.6 is 0 Å². The molecule has 114 valence electrons. The molecule has 0 atom stereocenters. The number of piperidine rings is 1. The molecule has 6 heteroatoms. The molecule has 1 saturated heterocycles. The minimum atomic E-state index is -0.527. The maximum atomic E-state index is 13.2. The van der Waals surface area contributed by atoms with Gasteiger partial charge in [-0.1, -0.05) is 12.1 Å². The van der Waals surface area contributed by atoms with Crippen molar-refractivity contribution < 1.29 is 14.0 Å². The summed E-state index contributed by atoms with van der Waals surface area (Å²) in [5.41, 5.74) is 5.85. The van der Waals surface area contributed by atoms with Crippen LogP contribution in [0, 0.1) is 5.82 Å². The van der Waals surface area contributed by atoms with Gasteiger partial charge in [0.1, 0.15) is 5.82 Å². The predicted molar refractivity (Wildman–Crippen MR) is 76.9 cm³/mol. The maximum Gasteiger partial charge on any atom is 0.237 e. The molecule has 1 aromatic carbocycles. The van der Waals surface area contributed by atoms with Crippen LogP contribution in [0.15, 0.2) is 24.3 Å². The van der Waals surface area contributed by atoms with Crippen LogP contribution in [-0.4, -0.2) is 42.4 Å². The van der Waals surface area contributed by atoms with Gasteiger partial charge in [0, 0.05) is 6.04 Å². The largest absolute Gasteiger partial charge is 0.368 e. The van der Waals surface area contributed by atoms with Crippen molar-refractivity contribution in [2.24, 2.45) is 5.73 Å². The predicted octanol–water partition coefficient (Wildman–Crippen LogP) is 0.434. The molecular weight excluding hydrogens is 273 g/mol. The monoisotopic (exact) mass is 293 g/mol. The highest BCUT2D eigenvalue weighted by Crippen LogP contribution is 2.14. The number of carbonyl (C=O) groups excluding carboxylic acids is 2. The number of nitrogens with zero attached hydrogens (tertiary/aromatic N) is 1. The first kappa shape index (κ1) is 15.4. The molecule has 0 radical (unpaired) electrons. The van der Waals surface area contributed by atoms with Crippen LogP contribution in [0.5, 0.6) is 0 Å². The molecule has 1 heterocycles. The van der Waals surface area contributed by atoms with Gasteiger partial charge >= 0.3 is 0 Å². The number of nitrogens with two attached hydrogens (primary N) is 1. The summed E-state index contributed by atoms with van der Waals surface area (Å²) in [5, 5.41) is 3.22. The lowest BCUT2D eigenvalue weighted by Crippen LogP contribution is -2.49. The van der Waals surface area contributed by atoms with E-state index in [0.29, 0.717) is 5.56 Å². The summed E-state index contributed by atoms with van der Waals surface area (Å²) in [6.07, 6.45) is 1.67. The Kier molecular flexibility index (Phi) is 5.27. The molecule has 1 aliphatic heterocycles. The molecule has 0 bridgehead atoms. The summed E-state index contributed by atoms with van der Waals surface area (Å²) < 4.78 is 13.2. The fourth-order valence-corrected chi connectivity index (χ4v) is 2.63. The fraction of sp³-hybridized carbons (Fsp3) is 0.467. The molecule has 2 amide bonds. The number of benzene rings is 1. The summed E-state index contributed by atoms with van der Waals surface area (Å²) in [7, 11) is 0. The average Bonchev–Trinajstić information content (AvgIpc) is 2.45. The maximum absolute atomic E-state index is 13.2. The number of halogens is 1. The van der Waals surface area contributed by atoms with E-state index in [1.54, 1.807) is 12.1 Å². The number of nitrogens with one attached hydrogen (secondary N) is 1. The number of hydrogen-bond acceptors (Lipinski definition) is 3. The molecule has 1 aromatic rings. The lowest BCUT2D eigenvalue weighted by Gasteiger charge is -2.34. The molecule has 5 nitrogen and oxygen atoms in total. The lowest BCUT2D eigenvalue weighted by atomic mass is 10.0. The van der Waals surface area contributed by atoms with E-state index in [-0.39, 0.29) is 30.7 Å². The van der Waals surface area contributed by atoms with Crippen LogP contribution < -0.4 is 11.1 Å². The van der Waals surface area contributed by atoms with Crippen molar-refractivity contribution in [3.05, 3.63) is 35.6 Å². The smallest absolute Gasteiger partial charge is 0.237 e.